The number of esters is 2. The van der Waals surface area contributed by atoms with E-state index in [9.17, 15) is 31.2 Å². The molecule has 0 fully saturated rings. The molecule has 7 nitrogen and oxygen atoms in total. The molecule has 0 spiro atoms. The summed E-state index contributed by atoms with van der Waals surface area (Å²) in [5.41, 5.74) is -1.08. The van der Waals surface area contributed by atoms with E-state index in [1.54, 1.807) is 12.1 Å². The fourth-order valence-corrected chi connectivity index (χ4v) is 5.64. The van der Waals surface area contributed by atoms with Gasteiger partial charge in [0.25, 0.3) is 10.1 Å². The Morgan fingerprint density at radius 1 is 0.938 bits per heavy atom. The molecule has 0 heterocycles. The Morgan fingerprint density at radius 3 is 2.00 bits per heavy atom. The summed E-state index contributed by atoms with van der Waals surface area (Å²) < 4.78 is 80.9. The van der Waals surface area contributed by atoms with Crippen molar-refractivity contribution >= 4 is 85.8 Å². The number of carbonyl (C=O) groups is 2. The number of halogens is 7. The molecule has 0 aliphatic carbocycles. The highest BCUT2D eigenvalue weighted by atomic mass is 79.9. The number of hydrogen-bond donors (Lipinski definition) is 1. The van der Waals surface area contributed by atoms with Crippen LogP contribution in [0.3, 0.4) is 0 Å². The lowest BCUT2D eigenvalue weighted by Gasteiger charge is -2.20. The molecule has 0 saturated heterocycles. The van der Waals surface area contributed by atoms with Crippen LogP contribution in [0.15, 0.2) is 48.2 Å². The quantitative estimate of drug-likeness (QED) is 0.223. The minimum absolute atomic E-state index is 0.0278. The molecule has 1 unspecified atom stereocenters. The number of alkyl halides is 3. The molecule has 0 aromatic heterocycles. The van der Waals surface area contributed by atoms with Crippen LogP contribution in [0.4, 0.5) is 13.2 Å². The van der Waals surface area contributed by atoms with Crippen LogP contribution in [0.1, 0.15) is 20.7 Å². The molecule has 1 N–H and O–H groups in total. The van der Waals surface area contributed by atoms with E-state index >= 15 is 0 Å². The summed E-state index contributed by atoms with van der Waals surface area (Å²) >= 11 is 12.7. The molecule has 0 bridgehead atoms. The molecule has 2 rings (SSSR count). The maximum Gasteiger partial charge on any atom is 0.426 e. The molecular formula is C17H9Br4F3O7S. The Balaban J connectivity index is 2.41. The molecule has 2 aromatic carbocycles. The van der Waals surface area contributed by atoms with Gasteiger partial charge in [0, 0.05) is 8.95 Å². The Morgan fingerprint density at radius 2 is 1.50 bits per heavy atom. The second-order valence-corrected chi connectivity index (χ2v) is 11.0. The van der Waals surface area contributed by atoms with E-state index in [1.165, 1.54) is 6.07 Å². The van der Waals surface area contributed by atoms with E-state index in [-0.39, 0.29) is 10.2 Å². The second kappa shape index (κ2) is 10.5. The van der Waals surface area contributed by atoms with Crippen LogP contribution < -0.4 is 4.74 Å². The number of hydrogen-bond acceptors (Lipinski definition) is 6. The van der Waals surface area contributed by atoms with E-state index in [0.717, 1.165) is 12.1 Å². The zero-order valence-electron chi connectivity index (χ0n) is 15.1. The van der Waals surface area contributed by atoms with Gasteiger partial charge in [-0.25, -0.2) is 9.59 Å². The average molecular weight is 734 g/mol. The van der Waals surface area contributed by atoms with Crippen LogP contribution in [0.25, 0.3) is 0 Å². The zero-order valence-corrected chi connectivity index (χ0v) is 22.3. The zero-order chi connectivity index (χ0) is 24.4. The SMILES string of the molecule is O=C(Oc1c(Br)cc(Br)cc1Br)c1ccc(Br)cc1C(=O)OC(CS(=O)(=O)O)C(F)(F)F. The van der Waals surface area contributed by atoms with Crippen LogP contribution in [0.5, 0.6) is 5.75 Å². The van der Waals surface area contributed by atoms with Gasteiger partial charge < -0.3 is 9.47 Å². The first kappa shape index (κ1) is 27.2. The summed E-state index contributed by atoms with van der Waals surface area (Å²) in [6, 6.07) is 6.57. The van der Waals surface area contributed by atoms with Crippen LogP contribution in [-0.2, 0) is 14.9 Å². The number of carbonyl (C=O) groups excluding carboxylic acids is 2. The van der Waals surface area contributed by atoms with Gasteiger partial charge in [-0.3, -0.25) is 4.55 Å². The lowest BCUT2D eigenvalue weighted by atomic mass is 10.1. The van der Waals surface area contributed by atoms with E-state index in [0.29, 0.717) is 13.4 Å². The van der Waals surface area contributed by atoms with Crippen molar-refractivity contribution in [1.82, 2.24) is 0 Å². The van der Waals surface area contributed by atoms with Crippen molar-refractivity contribution in [3.05, 3.63) is 59.3 Å². The van der Waals surface area contributed by atoms with Crippen molar-refractivity contribution in [3.8, 4) is 5.75 Å². The molecule has 0 amide bonds. The van der Waals surface area contributed by atoms with Crippen molar-refractivity contribution in [2.24, 2.45) is 0 Å². The predicted molar refractivity (Wildman–Crippen MR) is 120 cm³/mol. The number of benzene rings is 2. The predicted octanol–water partition coefficient (Wildman–Crippen LogP) is 5.93. The third-order valence-corrected chi connectivity index (χ3v) is 6.41. The summed E-state index contributed by atoms with van der Waals surface area (Å²) in [6.07, 6.45) is -8.46. The van der Waals surface area contributed by atoms with Gasteiger partial charge in [0.15, 0.2) is 5.75 Å². The van der Waals surface area contributed by atoms with Gasteiger partial charge in [0.1, 0.15) is 5.75 Å². The summed E-state index contributed by atoms with van der Waals surface area (Å²) in [6.45, 7) is 0. The van der Waals surface area contributed by atoms with Crippen molar-refractivity contribution in [3.63, 3.8) is 0 Å². The second-order valence-electron chi connectivity index (χ2n) is 5.96. The number of rotatable bonds is 6. The molecular weight excluding hydrogens is 725 g/mol. The minimum Gasteiger partial charge on any atom is -0.448 e. The van der Waals surface area contributed by atoms with Gasteiger partial charge in [0.05, 0.1) is 20.1 Å². The average Bonchev–Trinajstić information content (AvgIpc) is 2.61. The van der Waals surface area contributed by atoms with Crippen molar-refractivity contribution in [1.29, 1.82) is 0 Å². The fraction of sp³-hybridized carbons (Fsp3) is 0.176. The van der Waals surface area contributed by atoms with E-state index < -0.39 is 51.2 Å². The third kappa shape index (κ3) is 7.52. The highest BCUT2D eigenvalue weighted by Crippen LogP contribution is 2.37. The smallest absolute Gasteiger partial charge is 0.426 e. The summed E-state index contributed by atoms with van der Waals surface area (Å²) in [7, 11) is -5.14. The standard InChI is InChI=1S/C17H9Br4F3O7S/c18-7-1-2-9(15(25)31-14-11(20)4-8(19)5-12(14)21)10(3-7)16(26)30-13(17(22,23)24)6-32(27,28)29/h1-5,13H,6H2,(H,27,28,29). The third-order valence-electron chi connectivity index (χ3n) is 3.56. The highest BCUT2D eigenvalue weighted by molar-refractivity contribution is 9.11. The van der Waals surface area contributed by atoms with Crippen molar-refractivity contribution in [2.75, 3.05) is 5.75 Å². The van der Waals surface area contributed by atoms with Crippen LogP contribution in [0, 0.1) is 0 Å². The summed E-state index contributed by atoms with van der Waals surface area (Å²) in [5, 5.41) is 0. The number of ether oxygens (including phenoxy) is 2. The largest absolute Gasteiger partial charge is 0.448 e. The Kier molecular flexibility index (Phi) is 8.95. The van der Waals surface area contributed by atoms with Gasteiger partial charge in [0.2, 0.25) is 6.10 Å². The van der Waals surface area contributed by atoms with Crippen molar-refractivity contribution < 1.29 is 45.2 Å². The lowest BCUT2D eigenvalue weighted by Crippen LogP contribution is -2.39. The summed E-state index contributed by atoms with van der Waals surface area (Å²) in [5.74, 6) is -4.64. The molecule has 0 saturated carbocycles. The van der Waals surface area contributed by atoms with Gasteiger partial charge >= 0.3 is 18.1 Å². The molecule has 174 valence electrons. The first-order valence-electron chi connectivity index (χ1n) is 7.97. The minimum atomic E-state index is -5.30. The van der Waals surface area contributed by atoms with Gasteiger partial charge in [-0.15, -0.1) is 0 Å². The topological polar surface area (TPSA) is 107 Å². The lowest BCUT2D eigenvalue weighted by molar-refractivity contribution is -0.197. The highest BCUT2D eigenvalue weighted by Gasteiger charge is 2.46. The molecule has 32 heavy (non-hydrogen) atoms. The van der Waals surface area contributed by atoms with Crippen molar-refractivity contribution in [2.45, 2.75) is 12.3 Å². The molecule has 0 radical (unpaired) electrons. The van der Waals surface area contributed by atoms with E-state index in [2.05, 4.69) is 68.5 Å². The maximum atomic E-state index is 13.1. The fourth-order valence-electron chi connectivity index (χ4n) is 2.22. The van der Waals surface area contributed by atoms with Crippen LogP contribution in [0.2, 0.25) is 0 Å². The van der Waals surface area contributed by atoms with Crippen LogP contribution >= 0.6 is 63.7 Å². The van der Waals surface area contributed by atoms with Crippen LogP contribution in [-0.4, -0.2) is 42.9 Å². The van der Waals surface area contributed by atoms with E-state index in [4.69, 9.17) is 9.29 Å². The van der Waals surface area contributed by atoms with Gasteiger partial charge in [-0.2, -0.15) is 21.6 Å². The molecule has 0 aliphatic rings. The maximum absolute atomic E-state index is 13.1. The first-order valence-corrected chi connectivity index (χ1v) is 12.8. The Labute approximate surface area is 212 Å². The van der Waals surface area contributed by atoms with Gasteiger partial charge in [-0.05, 0) is 62.2 Å². The molecule has 2 aromatic rings. The normalized spacial score (nSPS) is 12.9. The van der Waals surface area contributed by atoms with Gasteiger partial charge in [-0.1, -0.05) is 31.9 Å². The monoisotopic (exact) mass is 730 g/mol. The first-order chi connectivity index (χ1) is 14.6. The Hall–Kier alpha value is -1.00. The molecule has 15 heteroatoms. The molecule has 0 aliphatic heterocycles. The Bertz CT molecular complexity index is 1150. The summed E-state index contributed by atoms with van der Waals surface area (Å²) in [4.78, 5) is 25.1. The van der Waals surface area contributed by atoms with E-state index in [1.807, 2.05) is 0 Å². The molecule has 1 atom stereocenters.